The lowest BCUT2D eigenvalue weighted by atomic mass is 9.93. The summed E-state index contributed by atoms with van der Waals surface area (Å²) in [5.41, 5.74) is 1.31. The number of carbonyl (C=O) groups excluding carboxylic acids is 1. The Kier molecular flexibility index (Phi) is 4.10. The first kappa shape index (κ1) is 13.9. The normalized spacial score (nSPS) is 21.2. The second-order valence-electron chi connectivity index (χ2n) is 4.68. The summed E-state index contributed by atoms with van der Waals surface area (Å²) < 4.78 is 11.0. The van der Waals surface area contributed by atoms with Crippen LogP contribution in [0, 0.1) is 0 Å². The van der Waals surface area contributed by atoms with Crippen LogP contribution in [0.5, 0.6) is 5.75 Å². The molecule has 102 valence electrons. The van der Waals surface area contributed by atoms with Gasteiger partial charge in [0, 0.05) is 12.0 Å². The monoisotopic (exact) mass is 281 g/mol. The third-order valence-electron chi connectivity index (χ3n) is 3.17. The number of benzene rings is 1. The zero-order chi connectivity index (χ0) is 13.9. The largest absolute Gasteiger partial charge is 0.496 e. The van der Waals surface area contributed by atoms with Gasteiger partial charge in [0.25, 0.3) is 0 Å². The van der Waals surface area contributed by atoms with Crippen LogP contribution in [0.4, 0.5) is 0 Å². The average Bonchev–Trinajstić information content (AvgIpc) is 2.86. The number of ether oxygens (including phenoxy) is 2. The van der Waals surface area contributed by atoms with Crippen LogP contribution in [0.3, 0.4) is 0 Å². The van der Waals surface area contributed by atoms with Crippen molar-refractivity contribution in [3.05, 3.63) is 29.3 Å². The number of alkyl halides is 1. The van der Waals surface area contributed by atoms with E-state index in [1.54, 1.807) is 7.11 Å². The molecule has 2 rings (SSSR count). The molecule has 0 aromatic heterocycles. The smallest absolute Gasteiger partial charge is 0.171 e. The maximum atomic E-state index is 11.4. The third-order valence-corrected chi connectivity index (χ3v) is 3.46. The van der Waals surface area contributed by atoms with E-state index < -0.39 is 5.60 Å². The number of carbonyl (C=O) groups is 1. The molecule has 1 aliphatic rings. The number of nitrogens with zero attached hydrogens (tertiary/aromatic N) is 1. The fraction of sp³-hybridized carbons (Fsp3) is 0.429. The highest BCUT2D eigenvalue weighted by Gasteiger charge is 2.33. The second kappa shape index (κ2) is 5.61. The number of aliphatic imine (C=N–C) groups is 1. The van der Waals surface area contributed by atoms with Crippen molar-refractivity contribution in [3.63, 3.8) is 0 Å². The summed E-state index contributed by atoms with van der Waals surface area (Å²) in [6.07, 6.45) is 1.78. The van der Waals surface area contributed by atoms with Gasteiger partial charge in [-0.3, -0.25) is 9.79 Å². The summed E-state index contributed by atoms with van der Waals surface area (Å²) in [4.78, 5) is 15.5. The standard InChI is InChI=1S/C14H16ClNO3/c1-14(8-16-9-19-14)12-4-3-10(5-11(17)7-15)6-13(12)18-2/h3-4,6,9H,5,7-8H2,1-2H3. The molecular weight excluding hydrogens is 266 g/mol. The number of ketones is 1. The van der Waals surface area contributed by atoms with Crippen LogP contribution < -0.4 is 4.74 Å². The van der Waals surface area contributed by atoms with Crippen molar-refractivity contribution in [1.29, 1.82) is 0 Å². The molecule has 1 aromatic rings. The van der Waals surface area contributed by atoms with Gasteiger partial charge in [0.1, 0.15) is 5.75 Å². The molecule has 0 spiro atoms. The van der Waals surface area contributed by atoms with E-state index in [0.29, 0.717) is 18.7 Å². The molecule has 1 unspecified atom stereocenters. The fourth-order valence-corrected chi connectivity index (χ4v) is 2.20. The van der Waals surface area contributed by atoms with Gasteiger partial charge in [0.15, 0.2) is 17.8 Å². The maximum Gasteiger partial charge on any atom is 0.171 e. The van der Waals surface area contributed by atoms with E-state index in [1.165, 1.54) is 6.40 Å². The number of hydrogen-bond donors (Lipinski definition) is 0. The summed E-state index contributed by atoms with van der Waals surface area (Å²) >= 11 is 5.52. The quantitative estimate of drug-likeness (QED) is 0.778. The van der Waals surface area contributed by atoms with E-state index in [0.717, 1.165) is 11.1 Å². The van der Waals surface area contributed by atoms with Crippen LogP contribution in [0.2, 0.25) is 0 Å². The van der Waals surface area contributed by atoms with Gasteiger partial charge in [-0.15, -0.1) is 11.6 Å². The van der Waals surface area contributed by atoms with Gasteiger partial charge in [-0.1, -0.05) is 12.1 Å². The van der Waals surface area contributed by atoms with Gasteiger partial charge in [0.05, 0.1) is 19.5 Å². The van der Waals surface area contributed by atoms with E-state index in [4.69, 9.17) is 21.1 Å². The van der Waals surface area contributed by atoms with E-state index in [2.05, 4.69) is 4.99 Å². The second-order valence-corrected chi connectivity index (χ2v) is 4.95. The summed E-state index contributed by atoms with van der Waals surface area (Å²) in [5.74, 6) is 0.717. The Morgan fingerprint density at radius 1 is 1.58 bits per heavy atom. The van der Waals surface area contributed by atoms with Crippen molar-refractivity contribution in [2.75, 3.05) is 19.5 Å². The first-order valence-corrected chi connectivity index (χ1v) is 6.53. The highest BCUT2D eigenvalue weighted by Crippen LogP contribution is 2.35. The minimum Gasteiger partial charge on any atom is -0.496 e. The van der Waals surface area contributed by atoms with E-state index in [9.17, 15) is 4.79 Å². The van der Waals surface area contributed by atoms with Crippen molar-refractivity contribution in [1.82, 2.24) is 0 Å². The molecule has 0 N–H and O–H groups in total. The lowest BCUT2D eigenvalue weighted by molar-refractivity contribution is -0.116. The molecule has 1 heterocycles. The van der Waals surface area contributed by atoms with Gasteiger partial charge in [-0.25, -0.2) is 0 Å². The van der Waals surface area contributed by atoms with E-state index in [-0.39, 0.29) is 11.7 Å². The molecule has 5 heteroatoms. The topological polar surface area (TPSA) is 47.9 Å². The van der Waals surface area contributed by atoms with Gasteiger partial charge < -0.3 is 9.47 Å². The van der Waals surface area contributed by atoms with Gasteiger partial charge in [-0.2, -0.15) is 0 Å². The highest BCUT2D eigenvalue weighted by atomic mass is 35.5. The average molecular weight is 282 g/mol. The number of halogens is 1. The van der Waals surface area contributed by atoms with Gasteiger partial charge >= 0.3 is 0 Å². The van der Waals surface area contributed by atoms with Gasteiger partial charge in [-0.05, 0) is 18.6 Å². The first-order valence-electron chi connectivity index (χ1n) is 6.00. The van der Waals surface area contributed by atoms with Crippen LogP contribution in [-0.4, -0.2) is 31.7 Å². The maximum absolute atomic E-state index is 11.4. The molecule has 4 nitrogen and oxygen atoms in total. The fourth-order valence-electron chi connectivity index (χ4n) is 2.11. The molecule has 19 heavy (non-hydrogen) atoms. The van der Waals surface area contributed by atoms with Crippen LogP contribution in [-0.2, 0) is 21.6 Å². The zero-order valence-corrected chi connectivity index (χ0v) is 11.7. The molecule has 1 atom stereocenters. The molecular formula is C14H16ClNO3. The van der Waals surface area contributed by atoms with Crippen LogP contribution in [0.15, 0.2) is 23.2 Å². The van der Waals surface area contributed by atoms with Crippen molar-refractivity contribution in [2.45, 2.75) is 18.9 Å². The van der Waals surface area contributed by atoms with Gasteiger partial charge in [0.2, 0.25) is 0 Å². The Morgan fingerprint density at radius 2 is 2.37 bits per heavy atom. The Morgan fingerprint density at radius 3 is 2.95 bits per heavy atom. The SMILES string of the molecule is COc1cc(CC(=O)CCl)ccc1C1(C)CN=CO1. The van der Waals surface area contributed by atoms with Crippen molar-refractivity contribution in [2.24, 2.45) is 4.99 Å². The summed E-state index contributed by atoms with van der Waals surface area (Å²) in [5, 5.41) is 0. The molecule has 1 aliphatic heterocycles. The summed E-state index contributed by atoms with van der Waals surface area (Å²) in [7, 11) is 1.60. The molecule has 1 aromatic carbocycles. The summed E-state index contributed by atoms with van der Waals surface area (Å²) in [6, 6.07) is 5.67. The van der Waals surface area contributed by atoms with Crippen molar-refractivity contribution in [3.8, 4) is 5.75 Å². The third kappa shape index (κ3) is 2.89. The Hall–Kier alpha value is -1.55. The molecule has 0 amide bonds. The molecule has 0 saturated heterocycles. The Labute approximate surface area is 117 Å². The number of methoxy groups -OCH3 is 1. The first-order chi connectivity index (χ1) is 9.09. The Balaban J connectivity index is 2.29. The van der Waals surface area contributed by atoms with Crippen LogP contribution >= 0.6 is 11.6 Å². The van der Waals surface area contributed by atoms with Crippen molar-refractivity contribution < 1.29 is 14.3 Å². The van der Waals surface area contributed by atoms with Crippen LogP contribution in [0.1, 0.15) is 18.1 Å². The minimum absolute atomic E-state index is 0.0110. The molecule has 0 aliphatic carbocycles. The lowest BCUT2D eigenvalue weighted by Crippen LogP contribution is -2.25. The van der Waals surface area contributed by atoms with E-state index >= 15 is 0 Å². The Bertz CT molecular complexity index is 505. The highest BCUT2D eigenvalue weighted by molar-refractivity contribution is 6.27. The predicted octanol–water partition coefficient (Wildman–Crippen LogP) is 2.32. The molecule has 0 saturated carbocycles. The number of rotatable bonds is 5. The van der Waals surface area contributed by atoms with Crippen LogP contribution in [0.25, 0.3) is 0 Å². The van der Waals surface area contributed by atoms with Crippen molar-refractivity contribution >= 4 is 23.8 Å². The minimum atomic E-state index is -0.500. The molecule has 0 radical (unpaired) electrons. The predicted molar refractivity (Wildman–Crippen MR) is 74.2 cm³/mol. The number of Topliss-reactive ketones (excluding diaryl/α,β-unsaturated/α-hetero) is 1. The zero-order valence-electron chi connectivity index (χ0n) is 11.0. The van der Waals surface area contributed by atoms with E-state index in [1.807, 2.05) is 25.1 Å². The lowest BCUT2D eigenvalue weighted by Gasteiger charge is -2.25. The number of hydrogen-bond acceptors (Lipinski definition) is 4. The summed E-state index contributed by atoms with van der Waals surface area (Å²) in [6.45, 7) is 2.52. The molecule has 0 fully saturated rings. The molecule has 0 bridgehead atoms.